The molecule has 1 aliphatic heterocycles. The van der Waals surface area contributed by atoms with Crippen molar-refractivity contribution < 1.29 is 9.53 Å². The van der Waals surface area contributed by atoms with E-state index in [2.05, 4.69) is 31.4 Å². The predicted molar refractivity (Wildman–Crippen MR) is 72.6 cm³/mol. The second kappa shape index (κ2) is 7.71. The first kappa shape index (κ1) is 15.4. The minimum absolute atomic E-state index is 0.158. The Bertz CT molecular complexity index is 245. The van der Waals surface area contributed by atoms with Crippen LogP contribution in [-0.2, 0) is 9.53 Å². The summed E-state index contributed by atoms with van der Waals surface area (Å²) in [5, 5.41) is 6.69. The van der Waals surface area contributed by atoms with Crippen LogP contribution in [0.3, 0.4) is 0 Å². The van der Waals surface area contributed by atoms with Crippen LogP contribution in [0.15, 0.2) is 0 Å². The maximum Gasteiger partial charge on any atom is 0.224 e. The Labute approximate surface area is 110 Å². The van der Waals surface area contributed by atoms with Gasteiger partial charge in [-0.05, 0) is 20.8 Å². The molecule has 1 amide bonds. The molecular weight excluding hydrogens is 230 g/mol. The summed E-state index contributed by atoms with van der Waals surface area (Å²) >= 11 is 0. The average molecular weight is 257 g/mol. The first-order valence-corrected chi connectivity index (χ1v) is 6.80. The van der Waals surface area contributed by atoms with Crippen molar-refractivity contribution in [1.29, 1.82) is 0 Å². The maximum atomic E-state index is 11.8. The third kappa shape index (κ3) is 6.93. The molecular formula is C13H27N3O2. The molecule has 0 unspecified atom stereocenters. The summed E-state index contributed by atoms with van der Waals surface area (Å²) in [6.45, 7) is 11.8. The van der Waals surface area contributed by atoms with Crippen LogP contribution in [-0.4, -0.2) is 62.3 Å². The molecule has 2 N–H and O–H groups in total. The Kier molecular flexibility index (Phi) is 6.60. The molecule has 1 heterocycles. The van der Waals surface area contributed by atoms with E-state index in [4.69, 9.17) is 4.74 Å². The molecule has 106 valence electrons. The van der Waals surface area contributed by atoms with Gasteiger partial charge in [0.1, 0.15) is 0 Å². The monoisotopic (exact) mass is 257 g/mol. The van der Waals surface area contributed by atoms with Gasteiger partial charge in [-0.25, -0.2) is 0 Å². The molecule has 5 heteroatoms. The van der Waals surface area contributed by atoms with Gasteiger partial charge in [-0.1, -0.05) is 0 Å². The molecule has 1 rings (SSSR count). The number of hydrogen-bond donors (Lipinski definition) is 2. The normalized spacial score (nSPS) is 16.9. The molecule has 0 aliphatic carbocycles. The highest BCUT2D eigenvalue weighted by Gasteiger charge is 2.15. The van der Waals surface area contributed by atoms with Crippen molar-refractivity contribution in [2.45, 2.75) is 32.7 Å². The van der Waals surface area contributed by atoms with Crippen LogP contribution in [0.25, 0.3) is 0 Å². The number of nitrogens with one attached hydrogen (secondary N) is 2. The molecule has 1 saturated heterocycles. The first-order chi connectivity index (χ1) is 8.49. The topological polar surface area (TPSA) is 53.6 Å². The zero-order valence-corrected chi connectivity index (χ0v) is 11.9. The zero-order chi connectivity index (χ0) is 13.4. The highest BCUT2D eigenvalue weighted by Crippen LogP contribution is 1.99. The number of morpholine rings is 1. The van der Waals surface area contributed by atoms with Crippen molar-refractivity contribution in [3.05, 3.63) is 0 Å². The lowest BCUT2D eigenvalue weighted by Crippen LogP contribution is -2.42. The molecule has 0 radical (unpaired) electrons. The summed E-state index contributed by atoms with van der Waals surface area (Å²) in [6, 6.07) is 0. The van der Waals surface area contributed by atoms with E-state index in [9.17, 15) is 4.79 Å². The Morgan fingerprint density at radius 1 is 1.17 bits per heavy atom. The SMILES string of the molecule is CC(C)(C)NCCNCCC(=O)N1CCOCC1. The van der Waals surface area contributed by atoms with Gasteiger partial charge in [0.25, 0.3) is 0 Å². The molecule has 0 saturated carbocycles. The summed E-state index contributed by atoms with van der Waals surface area (Å²) in [6.07, 6.45) is 0.579. The van der Waals surface area contributed by atoms with Gasteiger partial charge in [0.2, 0.25) is 5.91 Å². The number of ether oxygens (including phenoxy) is 1. The largest absolute Gasteiger partial charge is 0.378 e. The summed E-state index contributed by atoms with van der Waals surface area (Å²) in [7, 11) is 0. The Morgan fingerprint density at radius 3 is 2.44 bits per heavy atom. The number of carbonyl (C=O) groups is 1. The molecule has 0 atom stereocenters. The summed E-state index contributed by atoms with van der Waals surface area (Å²) in [5.41, 5.74) is 0.158. The molecule has 0 spiro atoms. The third-order valence-corrected chi connectivity index (χ3v) is 2.84. The Balaban J connectivity index is 1.98. The number of amides is 1. The van der Waals surface area contributed by atoms with Crippen LogP contribution in [0.2, 0.25) is 0 Å². The number of rotatable bonds is 6. The van der Waals surface area contributed by atoms with Crippen molar-refractivity contribution >= 4 is 5.91 Å². The zero-order valence-electron chi connectivity index (χ0n) is 11.9. The molecule has 0 bridgehead atoms. The van der Waals surface area contributed by atoms with Crippen LogP contribution < -0.4 is 10.6 Å². The highest BCUT2D eigenvalue weighted by molar-refractivity contribution is 5.76. The lowest BCUT2D eigenvalue weighted by Gasteiger charge is -2.27. The van der Waals surface area contributed by atoms with E-state index >= 15 is 0 Å². The van der Waals surface area contributed by atoms with Crippen molar-refractivity contribution in [2.75, 3.05) is 45.9 Å². The van der Waals surface area contributed by atoms with Gasteiger partial charge in [-0.15, -0.1) is 0 Å². The maximum absolute atomic E-state index is 11.8. The Morgan fingerprint density at radius 2 is 1.83 bits per heavy atom. The molecule has 0 aromatic carbocycles. The number of carbonyl (C=O) groups excluding carboxylic acids is 1. The van der Waals surface area contributed by atoms with E-state index in [0.29, 0.717) is 19.6 Å². The molecule has 5 nitrogen and oxygen atoms in total. The van der Waals surface area contributed by atoms with Gasteiger partial charge in [-0.2, -0.15) is 0 Å². The summed E-state index contributed by atoms with van der Waals surface area (Å²) in [5.74, 6) is 0.231. The van der Waals surface area contributed by atoms with E-state index in [1.54, 1.807) is 0 Å². The number of nitrogens with zero attached hydrogens (tertiary/aromatic N) is 1. The summed E-state index contributed by atoms with van der Waals surface area (Å²) < 4.78 is 5.22. The predicted octanol–water partition coefficient (Wildman–Crippen LogP) is 0.213. The van der Waals surface area contributed by atoms with Gasteiger partial charge in [0.05, 0.1) is 13.2 Å². The van der Waals surface area contributed by atoms with Crippen molar-refractivity contribution in [3.63, 3.8) is 0 Å². The van der Waals surface area contributed by atoms with Crippen LogP contribution in [0, 0.1) is 0 Å². The fourth-order valence-electron chi connectivity index (χ4n) is 1.82. The summed E-state index contributed by atoms with van der Waals surface area (Å²) in [4.78, 5) is 13.7. The fraction of sp³-hybridized carbons (Fsp3) is 0.923. The van der Waals surface area contributed by atoms with Gasteiger partial charge in [0, 0.05) is 44.7 Å². The van der Waals surface area contributed by atoms with Crippen LogP contribution >= 0.6 is 0 Å². The van der Waals surface area contributed by atoms with Gasteiger partial charge in [-0.3, -0.25) is 4.79 Å². The lowest BCUT2D eigenvalue weighted by atomic mass is 10.1. The van der Waals surface area contributed by atoms with Crippen molar-refractivity contribution in [1.82, 2.24) is 15.5 Å². The minimum atomic E-state index is 0.158. The average Bonchev–Trinajstić information content (AvgIpc) is 2.33. The lowest BCUT2D eigenvalue weighted by molar-refractivity contribution is -0.135. The van der Waals surface area contributed by atoms with Crippen LogP contribution in [0.1, 0.15) is 27.2 Å². The van der Waals surface area contributed by atoms with Crippen LogP contribution in [0.4, 0.5) is 0 Å². The van der Waals surface area contributed by atoms with Crippen LogP contribution in [0.5, 0.6) is 0 Å². The first-order valence-electron chi connectivity index (χ1n) is 6.80. The number of hydrogen-bond acceptors (Lipinski definition) is 4. The standard InChI is InChI=1S/C13H27N3O2/c1-13(2,3)15-7-6-14-5-4-12(17)16-8-10-18-11-9-16/h14-15H,4-11H2,1-3H3. The van der Waals surface area contributed by atoms with Crippen molar-refractivity contribution in [3.8, 4) is 0 Å². The molecule has 1 aliphatic rings. The van der Waals surface area contributed by atoms with E-state index in [1.807, 2.05) is 4.90 Å². The second-order valence-corrected chi connectivity index (χ2v) is 5.67. The fourth-order valence-corrected chi connectivity index (χ4v) is 1.82. The minimum Gasteiger partial charge on any atom is -0.378 e. The third-order valence-electron chi connectivity index (χ3n) is 2.84. The van der Waals surface area contributed by atoms with E-state index in [1.165, 1.54) is 0 Å². The smallest absolute Gasteiger partial charge is 0.224 e. The van der Waals surface area contributed by atoms with E-state index in [0.717, 1.165) is 32.7 Å². The van der Waals surface area contributed by atoms with E-state index in [-0.39, 0.29) is 11.4 Å². The van der Waals surface area contributed by atoms with Gasteiger partial charge >= 0.3 is 0 Å². The quantitative estimate of drug-likeness (QED) is 0.668. The second-order valence-electron chi connectivity index (χ2n) is 5.67. The van der Waals surface area contributed by atoms with Gasteiger partial charge < -0.3 is 20.3 Å². The molecule has 0 aromatic rings. The highest BCUT2D eigenvalue weighted by atomic mass is 16.5. The molecule has 0 aromatic heterocycles. The van der Waals surface area contributed by atoms with Gasteiger partial charge in [0.15, 0.2) is 0 Å². The van der Waals surface area contributed by atoms with Crippen molar-refractivity contribution in [2.24, 2.45) is 0 Å². The Hall–Kier alpha value is -0.650. The van der Waals surface area contributed by atoms with E-state index < -0.39 is 0 Å². The molecule has 1 fully saturated rings. The molecule has 18 heavy (non-hydrogen) atoms.